The van der Waals surface area contributed by atoms with E-state index in [2.05, 4.69) is 25.3 Å². The number of pyridine rings is 1. The Morgan fingerprint density at radius 3 is 2.81 bits per heavy atom. The van der Waals surface area contributed by atoms with E-state index < -0.39 is 0 Å². The Hall–Kier alpha value is -3.62. The molecule has 9 heteroatoms. The molecule has 0 bridgehead atoms. The van der Waals surface area contributed by atoms with Crippen molar-refractivity contribution in [1.29, 1.82) is 0 Å². The van der Waals surface area contributed by atoms with Crippen molar-refractivity contribution in [2.75, 3.05) is 32.2 Å². The average molecular weight is 438 g/mol. The van der Waals surface area contributed by atoms with Crippen molar-refractivity contribution in [2.24, 2.45) is 5.92 Å². The minimum absolute atomic E-state index is 0.0255. The summed E-state index contributed by atoms with van der Waals surface area (Å²) in [4.78, 5) is 23.8. The Bertz CT molecular complexity index is 1070. The third-order valence-corrected chi connectivity index (χ3v) is 5.58. The molecular formula is C23H27N5O4. The second-order valence-electron chi connectivity index (χ2n) is 7.71. The van der Waals surface area contributed by atoms with E-state index in [9.17, 15) is 4.79 Å². The highest BCUT2D eigenvalue weighted by atomic mass is 16.5. The number of rotatable bonds is 7. The molecule has 1 saturated heterocycles. The van der Waals surface area contributed by atoms with Crippen LogP contribution in [0.15, 0.2) is 41.1 Å². The van der Waals surface area contributed by atoms with Crippen LogP contribution < -0.4 is 19.7 Å². The van der Waals surface area contributed by atoms with Gasteiger partial charge in [0.1, 0.15) is 5.82 Å². The van der Waals surface area contributed by atoms with Gasteiger partial charge in [-0.05, 0) is 38.0 Å². The average Bonchev–Trinajstić information content (AvgIpc) is 3.28. The number of hydrogen-bond donors (Lipinski definition) is 1. The predicted octanol–water partition coefficient (Wildman–Crippen LogP) is 2.99. The van der Waals surface area contributed by atoms with Crippen molar-refractivity contribution < 1.29 is 18.8 Å². The van der Waals surface area contributed by atoms with Gasteiger partial charge in [0.2, 0.25) is 5.91 Å². The van der Waals surface area contributed by atoms with E-state index >= 15 is 0 Å². The first-order valence-electron chi connectivity index (χ1n) is 10.6. The van der Waals surface area contributed by atoms with Crippen molar-refractivity contribution >= 4 is 11.7 Å². The molecule has 1 amide bonds. The summed E-state index contributed by atoms with van der Waals surface area (Å²) < 4.78 is 16.0. The van der Waals surface area contributed by atoms with Crippen LogP contribution in [-0.2, 0) is 11.3 Å². The Balaban J connectivity index is 1.38. The molecule has 3 aromatic rings. The number of hydrogen-bond acceptors (Lipinski definition) is 8. The van der Waals surface area contributed by atoms with Crippen LogP contribution in [0.5, 0.6) is 11.5 Å². The summed E-state index contributed by atoms with van der Waals surface area (Å²) in [5.74, 6) is 3.07. The first-order chi connectivity index (χ1) is 15.6. The minimum atomic E-state index is -0.111. The monoisotopic (exact) mass is 437 g/mol. The number of para-hydroxylation sites is 1. The third kappa shape index (κ3) is 4.66. The summed E-state index contributed by atoms with van der Waals surface area (Å²) in [5, 5.41) is 6.86. The lowest BCUT2D eigenvalue weighted by atomic mass is 9.97. The molecular weight excluding hydrogens is 410 g/mol. The largest absolute Gasteiger partial charge is 0.493 e. The summed E-state index contributed by atoms with van der Waals surface area (Å²) in [6.07, 6.45) is 3.49. The number of carbonyl (C=O) groups is 1. The maximum atomic E-state index is 12.9. The van der Waals surface area contributed by atoms with Crippen LogP contribution in [0.3, 0.4) is 0 Å². The number of nitrogens with one attached hydrogen (secondary N) is 1. The summed E-state index contributed by atoms with van der Waals surface area (Å²) in [5.41, 5.74) is 1.65. The Morgan fingerprint density at radius 2 is 2.12 bits per heavy atom. The minimum Gasteiger partial charge on any atom is -0.493 e. The quantitative estimate of drug-likeness (QED) is 0.602. The topological polar surface area (TPSA) is 103 Å². The number of aromatic nitrogens is 3. The fraction of sp³-hybridized carbons (Fsp3) is 0.391. The number of anilines is 1. The van der Waals surface area contributed by atoms with Crippen LogP contribution in [0.2, 0.25) is 0 Å². The number of piperidine rings is 1. The molecule has 0 saturated carbocycles. The zero-order valence-electron chi connectivity index (χ0n) is 18.5. The Kier molecular flexibility index (Phi) is 6.53. The molecule has 1 aliphatic rings. The maximum absolute atomic E-state index is 12.9. The standard InChI is InChI=1S/C23H27N5O4/c1-15-26-23(32-27-15)17-9-10-20(24-13-17)28-11-5-7-18(14-28)22(29)25-12-16-6-4-8-19(30-2)21(16)31-3/h4,6,8-10,13,18H,5,7,11-12,14H2,1-3H3,(H,25,29). The van der Waals surface area contributed by atoms with Crippen molar-refractivity contribution in [3.63, 3.8) is 0 Å². The van der Waals surface area contributed by atoms with Gasteiger partial charge < -0.3 is 24.2 Å². The highest BCUT2D eigenvalue weighted by Crippen LogP contribution is 2.31. The van der Waals surface area contributed by atoms with E-state index in [1.54, 1.807) is 27.3 Å². The van der Waals surface area contributed by atoms with Crippen molar-refractivity contribution in [3.8, 4) is 23.0 Å². The molecule has 4 rings (SSSR count). The molecule has 168 valence electrons. The molecule has 0 aliphatic carbocycles. The first-order valence-corrected chi connectivity index (χ1v) is 10.6. The predicted molar refractivity (Wildman–Crippen MR) is 119 cm³/mol. The van der Waals surface area contributed by atoms with Crippen molar-refractivity contribution in [2.45, 2.75) is 26.3 Å². The van der Waals surface area contributed by atoms with Gasteiger partial charge in [0, 0.05) is 31.4 Å². The van der Waals surface area contributed by atoms with Crippen LogP contribution in [-0.4, -0.2) is 48.3 Å². The molecule has 1 aliphatic heterocycles. The Labute approximate surface area is 186 Å². The first kappa shape index (κ1) is 21.6. The van der Waals surface area contributed by atoms with Gasteiger partial charge in [-0.25, -0.2) is 4.98 Å². The summed E-state index contributed by atoms with van der Waals surface area (Å²) in [7, 11) is 3.19. The highest BCUT2D eigenvalue weighted by Gasteiger charge is 2.27. The molecule has 0 radical (unpaired) electrons. The van der Waals surface area contributed by atoms with Gasteiger partial charge in [-0.15, -0.1) is 0 Å². The van der Waals surface area contributed by atoms with Gasteiger partial charge in [0.25, 0.3) is 5.89 Å². The van der Waals surface area contributed by atoms with Crippen molar-refractivity contribution in [3.05, 3.63) is 47.9 Å². The van der Waals surface area contributed by atoms with E-state index in [0.717, 1.165) is 36.3 Å². The summed E-state index contributed by atoms with van der Waals surface area (Å²) >= 11 is 0. The molecule has 32 heavy (non-hydrogen) atoms. The maximum Gasteiger partial charge on any atom is 0.259 e. The van der Waals surface area contributed by atoms with E-state index in [4.69, 9.17) is 14.0 Å². The fourth-order valence-electron chi connectivity index (χ4n) is 3.93. The molecule has 1 aromatic carbocycles. The molecule has 0 spiro atoms. The number of benzene rings is 1. The van der Waals surface area contributed by atoms with Gasteiger partial charge in [-0.1, -0.05) is 17.3 Å². The smallest absolute Gasteiger partial charge is 0.259 e. The summed E-state index contributed by atoms with van der Waals surface area (Å²) in [6, 6.07) is 9.48. The molecule has 9 nitrogen and oxygen atoms in total. The van der Waals surface area contributed by atoms with Crippen LogP contribution in [0, 0.1) is 12.8 Å². The second-order valence-corrected chi connectivity index (χ2v) is 7.71. The number of ether oxygens (including phenoxy) is 2. The number of amides is 1. The summed E-state index contributed by atoms with van der Waals surface area (Å²) in [6.45, 7) is 3.64. The van der Waals surface area contributed by atoms with Crippen LogP contribution in [0.4, 0.5) is 5.82 Å². The molecule has 1 atom stereocenters. The van der Waals surface area contributed by atoms with Gasteiger partial charge in [-0.2, -0.15) is 4.98 Å². The lowest BCUT2D eigenvalue weighted by molar-refractivity contribution is -0.125. The fourth-order valence-corrected chi connectivity index (χ4v) is 3.93. The molecule has 1 fully saturated rings. The zero-order valence-corrected chi connectivity index (χ0v) is 18.5. The van der Waals surface area contributed by atoms with Crippen LogP contribution >= 0.6 is 0 Å². The lowest BCUT2D eigenvalue weighted by Crippen LogP contribution is -2.43. The van der Waals surface area contributed by atoms with Gasteiger partial charge in [0.05, 0.1) is 25.7 Å². The highest BCUT2D eigenvalue weighted by molar-refractivity contribution is 5.79. The Morgan fingerprint density at radius 1 is 1.25 bits per heavy atom. The van der Waals surface area contributed by atoms with Crippen LogP contribution in [0.25, 0.3) is 11.5 Å². The number of methoxy groups -OCH3 is 2. The molecule has 1 unspecified atom stereocenters. The number of aryl methyl sites for hydroxylation is 1. The van der Waals surface area contributed by atoms with Gasteiger partial charge in [-0.3, -0.25) is 4.79 Å². The number of carbonyl (C=O) groups excluding carboxylic acids is 1. The third-order valence-electron chi connectivity index (χ3n) is 5.58. The van der Waals surface area contributed by atoms with Gasteiger partial charge >= 0.3 is 0 Å². The van der Waals surface area contributed by atoms with Crippen LogP contribution in [0.1, 0.15) is 24.2 Å². The van der Waals surface area contributed by atoms with Gasteiger partial charge in [0.15, 0.2) is 17.3 Å². The normalized spacial score (nSPS) is 16.0. The zero-order chi connectivity index (χ0) is 22.5. The SMILES string of the molecule is COc1cccc(CNC(=O)C2CCCN(c3ccc(-c4nc(C)no4)cn3)C2)c1OC. The molecule has 1 N–H and O–H groups in total. The second kappa shape index (κ2) is 9.67. The van der Waals surface area contributed by atoms with E-state index in [-0.39, 0.29) is 11.8 Å². The van der Waals surface area contributed by atoms with Crippen molar-refractivity contribution in [1.82, 2.24) is 20.4 Å². The van der Waals surface area contributed by atoms with E-state index in [1.807, 2.05) is 30.3 Å². The molecule has 3 heterocycles. The lowest BCUT2D eigenvalue weighted by Gasteiger charge is -2.33. The molecule has 2 aromatic heterocycles. The van der Waals surface area contributed by atoms with E-state index in [1.165, 1.54) is 0 Å². The van der Waals surface area contributed by atoms with E-state index in [0.29, 0.717) is 36.3 Å². The number of nitrogens with zero attached hydrogens (tertiary/aromatic N) is 4.